The summed E-state index contributed by atoms with van der Waals surface area (Å²) in [4.78, 5) is 21.4. The van der Waals surface area contributed by atoms with E-state index in [9.17, 15) is 4.79 Å². The van der Waals surface area contributed by atoms with Crippen molar-refractivity contribution >= 4 is 28.4 Å². The first-order valence-electron chi connectivity index (χ1n) is 9.67. The Bertz CT molecular complexity index is 1000. The second kappa shape index (κ2) is 9.23. The third-order valence-corrected chi connectivity index (χ3v) is 4.23. The van der Waals surface area contributed by atoms with E-state index in [2.05, 4.69) is 15.3 Å². The van der Waals surface area contributed by atoms with Gasteiger partial charge >= 0.3 is 5.97 Å². The molecular weight excluding hydrogens is 370 g/mol. The Morgan fingerprint density at radius 3 is 2.41 bits per heavy atom. The van der Waals surface area contributed by atoms with Crippen LogP contribution in [0.2, 0.25) is 0 Å². The third-order valence-electron chi connectivity index (χ3n) is 4.23. The van der Waals surface area contributed by atoms with E-state index >= 15 is 0 Å². The molecule has 2 heterocycles. The van der Waals surface area contributed by atoms with Gasteiger partial charge < -0.3 is 19.5 Å². The Balaban J connectivity index is 2.12. The second-order valence-corrected chi connectivity index (χ2v) is 6.23. The zero-order valence-corrected chi connectivity index (χ0v) is 17.1. The predicted molar refractivity (Wildman–Crippen MR) is 112 cm³/mol. The van der Waals surface area contributed by atoms with Crippen LogP contribution in [0.5, 0.6) is 11.5 Å². The summed E-state index contributed by atoms with van der Waals surface area (Å²) in [6.07, 6.45) is 1.49. The summed E-state index contributed by atoms with van der Waals surface area (Å²) in [5.41, 5.74) is 2.97. The predicted octanol–water partition coefficient (Wildman–Crippen LogP) is 4.66. The van der Waals surface area contributed by atoms with Crippen LogP contribution in [0.25, 0.3) is 11.0 Å². The largest absolute Gasteiger partial charge is 0.494 e. The number of rotatable bonds is 8. The van der Waals surface area contributed by atoms with Crippen LogP contribution < -0.4 is 14.8 Å². The van der Waals surface area contributed by atoms with Gasteiger partial charge in [0.15, 0.2) is 5.65 Å². The van der Waals surface area contributed by atoms with Crippen molar-refractivity contribution in [2.24, 2.45) is 0 Å². The molecular formula is C22H25N3O4. The standard InChI is InChI=1S/C22H25N3O4/c1-5-27-16-10-8-15(9-11-16)25-20-17-12-19(28-6-2)14(4)24-21(17)23-13-18(20)22(26)29-7-3/h8-13H,5-7H2,1-4H3,(H,23,24,25). The highest BCUT2D eigenvalue weighted by Gasteiger charge is 2.19. The Labute approximate surface area is 170 Å². The number of carbonyl (C=O) groups is 1. The molecule has 0 amide bonds. The molecule has 3 rings (SSSR count). The first-order chi connectivity index (χ1) is 14.1. The highest BCUT2D eigenvalue weighted by molar-refractivity contribution is 6.05. The van der Waals surface area contributed by atoms with Crippen LogP contribution in [0.15, 0.2) is 36.5 Å². The van der Waals surface area contributed by atoms with Gasteiger partial charge in [0.1, 0.15) is 17.1 Å². The second-order valence-electron chi connectivity index (χ2n) is 6.23. The van der Waals surface area contributed by atoms with Crippen LogP contribution in [-0.4, -0.2) is 35.8 Å². The molecule has 0 saturated carbocycles. The molecule has 3 aromatic rings. The summed E-state index contributed by atoms with van der Waals surface area (Å²) < 4.78 is 16.4. The number of carbonyl (C=O) groups excluding carboxylic acids is 1. The van der Waals surface area contributed by atoms with Crippen molar-refractivity contribution in [2.75, 3.05) is 25.1 Å². The van der Waals surface area contributed by atoms with Crippen molar-refractivity contribution in [2.45, 2.75) is 27.7 Å². The smallest absolute Gasteiger partial charge is 0.341 e. The molecule has 2 aromatic heterocycles. The number of hydrogen-bond acceptors (Lipinski definition) is 7. The van der Waals surface area contributed by atoms with Crippen molar-refractivity contribution in [3.63, 3.8) is 0 Å². The molecule has 0 bridgehead atoms. The Morgan fingerprint density at radius 2 is 1.76 bits per heavy atom. The van der Waals surface area contributed by atoms with Crippen molar-refractivity contribution in [3.05, 3.63) is 47.8 Å². The summed E-state index contributed by atoms with van der Waals surface area (Å²) in [6.45, 7) is 8.87. The number of nitrogens with zero attached hydrogens (tertiary/aromatic N) is 2. The lowest BCUT2D eigenvalue weighted by Gasteiger charge is -2.16. The molecule has 0 radical (unpaired) electrons. The molecule has 0 aliphatic carbocycles. The average molecular weight is 395 g/mol. The monoisotopic (exact) mass is 395 g/mol. The zero-order valence-electron chi connectivity index (χ0n) is 17.1. The van der Waals surface area contributed by atoms with Gasteiger partial charge in [0.25, 0.3) is 0 Å². The maximum absolute atomic E-state index is 12.5. The van der Waals surface area contributed by atoms with Crippen LogP contribution in [0.3, 0.4) is 0 Å². The highest BCUT2D eigenvalue weighted by Crippen LogP contribution is 2.33. The summed E-state index contributed by atoms with van der Waals surface area (Å²) in [5.74, 6) is 0.977. The average Bonchev–Trinajstić information content (AvgIpc) is 2.71. The summed E-state index contributed by atoms with van der Waals surface area (Å²) in [5, 5.41) is 4.00. The molecule has 1 aromatic carbocycles. The number of aryl methyl sites for hydroxylation is 1. The van der Waals surface area contributed by atoms with E-state index < -0.39 is 5.97 Å². The maximum Gasteiger partial charge on any atom is 0.341 e. The molecule has 0 unspecified atom stereocenters. The van der Waals surface area contributed by atoms with Crippen molar-refractivity contribution in [1.29, 1.82) is 0 Å². The van der Waals surface area contributed by atoms with Crippen molar-refractivity contribution in [1.82, 2.24) is 9.97 Å². The highest BCUT2D eigenvalue weighted by atomic mass is 16.5. The minimum absolute atomic E-state index is 0.274. The molecule has 0 spiro atoms. The fourth-order valence-corrected chi connectivity index (χ4v) is 2.94. The number of nitrogens with one attached hydrogen (secondary N) is 1. The maximum atomic E-state index is 12.5. The van der Waals surface area contributed by atoms with Crippen LogP contribution in [-0.2, 0) is 4.74 Å². The summed E-state index contributed by atoms with van der Waals surface area (Å²) >= 11 is 0. The van der Waals surface area contributed by atoms with E-state index in [0.29, 0.717) is 41.2 Å². The Morgan fingerprint density at radius 1 is 1.03 bits per heavy atom. The van der Waals surface area contributed by atoms with Gasteiger partial charge in [-0.05, 0) is 58.0 Å². The van der Waals surface area contributed by atoms with Gasteiger partial charge in [-0.3, -0.25) is 0 Å². The fraction of sp³-hybridized carbons (Fsp3) is 0.318. The van der Waals surface area contributed by atoms with E-state index in [1.54, 1.807) is 6.92 Å². The Kier molecular flexibility index (Phi) is 6.49. The lowest BCUT2D eigenvalue weighted by molar-refractivity contribution is 0.0527. The van der Waals surface area contributed by atoms with Crippen LogP contribution in [0.4, 0.5) is 11.4 Å². The van der Waals surface area contributed by atoms with Gasteiger partial charge in [-0.25, -0.2) is 14.8 Å². The molecule has 29 heavy (non-hydrogen) atoms. The lowest BCUT2D eigenvalue weighted by Crippen LogP contribution is -2.10. The molecule has 0 atom stereocenters. The van der Waals surface area contributed by atoms with Gasteiger partial charge in [0, 0.05) is 17.3 Å². The molecule has 7 heteroatoms. The molecule has 0 aliphatic heterocycles. The number of fused-ring (bicyclic) bond motifs is 1. The zero-order chi connectivity index (χ0) is 20.8. The number of hydrogen-bond donors (Lipinski definition) is 1. The molecule has 1 N–H and O–H groups in total. The third kappa shape index (κ3) is 4.56. The normalized spacial score (nSPS) is 10.6. The molecule has 152 valence electrons. The van der Waals surface area contributed by atoms with Gasteiger partial charge in [-0.1, -0.05) is 0 Å². The van der Waals surface area contributed by atoms with Crippen molar-refractivity contribution in [3.8, 4) is 11.5 Å². The van der Waals surface area contributed by atoms with Crippen LogP contribution in [0.1, 0.15) is 36.8 Å². The number of pyridine rings is 2. The topological polar surface area (TPSA) is 82.6 Å². The number of benzene rings is 1. The molecule has 7 nitrogen and oxygen atoms in total. The van der Waals surface area contributed by atoms with Crippen LogP contribution in [0, 0.1) is 6.92 Å². The molecule has 0 saturated heterocycles. The van der Waals surface area contributed by atoms with E-state index in [1.165, 1.54) is 6.20 Å². The number of anilines is 2. The number of ether oxygens (including phenoxy) is 3. The summed E-state index contributed by atoms with van der Waals surface area (Å²) in [6, 6.07) is 9.36. The van der Waals surface area contributed by atoms with E-state index in [4.69, 9.17) is 14.2 Å². The minimum Gasteiger partial charge on any atom is -0.494 e. The van der Waals surface area contributed by atoms with E-state index in [0.717, 1.165) is 17.1 Å². The van der Waals surface area contributed by atoms with E-state index in [1.807, 2.05) is 51.1 Å². The fourth-order valence-electron chi connectivity index (χ4n) is 2.94. The van der Waals surface area contributed by atoms with Gasteiger partial charge in [0.2, 0.25) is 0 Å². The molecule has 0 fully saturated rings. The molecule has 0 aliphatic rings. The van der Waals surface area contributed by atoms with E-state index in [-0.39, 0.29) is 6.61 Å². The number of aromatic nitrogens is 2. The first-order valence-corrected chi connectivity index (χ1v) is 9.67. The van der Waals surface area contributed by atoms with Gasteiger partial charge in [0.05, 0.1) is 31.2 Å². The first kappa shape index (κ1) is 20.4. The van der Waals surface area contributed by atoms with Gasteiger partial charge in [-0.15, -0.1) is 0 Å². The lowest BCUT2D eigenvalue weighted by atomic mass is 10.1. The SMILES string of the molecule is CCOC(=O)c1cnc2nc(C)c(OCC)cc2c1Nc1ccc(OCC)cc1. The minimum atomic E-state index is -0.450. The quantitative estimate of drug-likeness (QED) is 0.556. The van der Waals surface area contributed by atoms with Gasteiger partial charge in [-0.2, -0.15) is 0 Å². The number of esters is 1. The summed E-state index contributed by atoms with van der Waals surface area (Å²) in [7, 11) is 0. The Hall–Kier alpha value is -3.35. The van der Waals surface area contributed by atoms with Crippen molar-refractivity contribution < 1.29 is 19.0 Å². The van der Waals surface area contributed by atoms with Crippen LogP contribution >= 0.6 is 0 Å².